The summed E-state index contributed by atoms with van der Waals surface area (Å²) < 4.78 is 0. The maximum absolute atomic E-state index is 2.45. The van der Waals surface area contributed by atoms with E-state index >= 15 is 0 Å². The number of rotatable bonds is 0. The zero-order chi connectivity index (χ0) is 9.90. The molecule has 0 aliphatic heterocycles. The van der Waals surface area contributed by atoms with E-state index in [-0.39, 0.29) is 0 Å². The second kappa shape index (κ2) is 4.48. The van der Waals surface area contributed by atoms with Gasteiger partial charge < -0.3 is 0 Å². The van der Waals surface area contributed by atoms with Crippen LogP contribution in [-0.2, 0) is 0 Å². The molecule has 0 nitrogen and oxygen atoms in total. The van der Waals surface area contributed by atoms with Gasteiger partial charge in [0, 0.05) is 0 Å². The molecule has 0 heteroatoms. The molecule has 0 saturated heterocycles. The fraction of sp³-hybridized carbons (Fsp3) is 1.00. The summed E-state index contributed by atoms with van der Waals surface area (Å²) in [7, 11) is 0. The summed E-state index contributed by atoms with van der Waals surface area (Å²) in [5.41, 5.74) is 0.582. The van der Waals surface area contributed by atoms with Crippen LogP contribution in [0.5, 0.6) is 0 Å². The molecule has 0 aromatic carbocycles. The average Bonchev–Trinajstić information content (AvgIpc) is 2.06. The Hall–Kier alpha value is 0. The Morgan fingerprint density at radius 1 is 1.00 bits per heavy atom. The molecule has 2 atom stereocenters. The van der Waals surface area contributed by atoms with Crippen molar-refractivity contribution < 1.29 is 0 Å². The highest BCUT2D eigenvalue weighted by Crippen LogP contribution is 2.38. The van der Waals surface area contributed by atoms with E-state index in [4.69, 9.17) is 0 Å². The Bertz CT molecular complexity index is 146. The molecule has 0 N–H and O–H groups in total. The molecule has 0 aromatic heterocycles. The third-order valence-electron chi connectivity index (χ3n) is 4.11. The van der Waals surface area contributed by atoms with Gasteiger partial charge in [0.05, 0.1) is 0 Å². The molecular formula is C13H26. The zero-order valence-corrected chi connectivity index (χ0v) is 9.90. The van der Waals surface area contributed by atoms with E-state index in [0.29, 0.717) is 5.41 Å². The van der Waals surface area contributed by atoms with Crippen molar-refractivity contribution in [2.45, 2.75) is 66.2 Å². The van der Waals surface area contributed by atoms with Crippen LogP contribution in [-0.4, -0.2) is 0 Å². The molecule has 0 radical (unpaired) electrons. The number of hydrogen-bond donors (Lipinski definition) is 0. The first-order valence-electron chi connectivity index (χ1n) is 6.02. The molecule has 1 fully saturated rings. The van der Waals surface area contributed by atoms with Crippen molar-refractivity contribution in [2.24, 2.45) is 17.3 Å². The molecule has 13 heavy (non-hydrogen) atoms. The van der Waals surface area contributed by atoms with Crippen LogP contribution < -0.4 is 0 Å². The molecule has 0 heterocycles. The van der Waals surface area contributed by atoms with Crippen LogP contribution in [0.2, 0.25) is 0 Å². The summed E-state index contributed by atoms with van der Waals surface area (Å²) in [4.78, 5) is 0. The standard InChI is InChI=1S/C13H26/c1-11-8-6-5-7-9-13(3,4)12(2)10-11/h11-12H,5-10H2,1-4H3. The van der Waals surface area contributed by atoms with Gasteiger partial charge in [0.2, 0.25) is 0 Å². The summed E-state index contributed by atoms with van der Waals surface area (Å²) in [6.07, 6.45) is 8.70. The predicted octanol–water partition coefficient (Wildman–Crippen LogP) is 4.64. The first-order chi connectivity index (χ1) is 6.02. The van der Waals surface area contributed by atoms with Crippen LogP contribution in [0.25, 0.3) is 0 Å². The quantitative estimate of drug-likeness (QED) is 0.512. The largest absolute Gasteiger partial charge is 0.0625 e. The number of hydrogen-bond acceptors (Lipinski definition) is 0. The molecule has 1 rings (SSSR count). The lowest BCUT2D eigenvalue weighted by molar-refractivity contribution is 0.181. The third-order valence-corrected chi connectivity index (χ3v) is 4.11. The summed E-state index contributed by atoms with van der Waals surface area (Å²) in [6.45, 7) is 9.78. The van der Waals surface area contributed by atoms with Crippen LogP contribution in [0.1, 0.15) is 66.2 Å². The van der Waals surface area contributed by atoms with Crippen molar-refractivity contribution in [3.63, 3.8) is 0 Å². The Kier molecular flexibility index (Phi) is 3.82. The van der Waals surface area contributed by atoms with E-state index in [1.54, 1.807) is 0 Å². The second-order valence-electron chi connectivity index (χ2n) is 5.83. The highest BCUT2D eigenvalue weighted by Gasteiger charge is 2.27. The van der Waals surface area contributed by atoms with Gasteiger partial charge in [-0.15, -0.1) is 0 Å². The molecule has 1 aliphatic rings. The first kappa shape index (κ1) is 11.1. The molecule has 0 aromatic rings. The van der Waals surface area contributed by atoms with Gasteiger partial charge in [-0.3, -0.25) is 0 Å². The molecule has 1 saturated carbocycles. The summed E-state index contributed by atoms with van der Waals surface area (Å²) in [5, 5.41) is 0. The van der Waals surface area contributed by atoms with Crippen molar-refractivity contribution in [3.05, 3.63) is 0 Å². The van der Waals surface area contributed by atoms with E-state index < -0.39 is 0 Å². The van der Waals surface area contributed by atoms with E-state index in [2.05, 4.69) is 27.7 Å². The first-order valence-corrected chi connectivity index (χ1v) is 6.02. The second-order valence-corrected chi connectivity index (χ2v) is 5.83. The van der Waals surface area contributed by atoms with E-state index in [0.717, 1.165) is 11.8 Å². The zero-order valence-electron chi connectivity index (χ0n) is 9.90. The van der Waals surface area contributed by atoms with Crippen molar-refractivity contribution >= 4 is 0 Å². The molecule has 78 valence electrons. The summed E-state index contributed by atoms with van der Waals surface area (Å²) in [5.74, 6) is 1.85. The molecule has 2 unspecified atom stereocenters. The van der Waals surface area contributed by atoms with Gasteiger partial charge in [0.15, 0.2) is 0 Å². The Labute approximate surface area is 84.1 Å². The molecule has 0 spiro atoms. The van der Waals surface area contributed by atoms with Crippen molar-refractivity contribution in [2.75, 3.05) is 0 Å². The lowest BCUT2D eigenvalue weighted by Crippen LogP contribution is -2.22. The van der Waals surface area contributed by atoms with Crippen molar-refractivity contribution in [3.8, 4) is 0 Å². The fourth-order valence-corrected chi connectivity index (χ4v) is 2.54. The van der Waals surface area contributed by atoms with Gasteiger partial charge in [-0.25, -0.2) is 0 Å². The van der Waals surface area contributed by atoms with E-state index in [1.165, 1.54) is 38.5 Å². The van der Waals surface area contributed by atoms with Crippen LogP contribution in [0.15, 0.2) is 0 Å². The Morgan fingerprint density at radius 2 is 1.69 bits per heavy atom. The van der Waals surface area contributed by atoms with Crippen LogP contribution >= 0.6 is 0 Å². The topological polar surface area (TPSA) is 0 Å². The van der Waals surface area contributed by atoms with Gasteiger partial charge in [-0.2, -0.15) is 0 Å². The van der Waals surface area contributed by atoms with Gasteiger partial charge in [0.1, 0.15) is 0 Å². The van der Waals surface area contributed by atoms with E-state index in [1.807, 2.05) is 0 Å². The summed E-state index contributed by atoms with van der Waals surface area (Å²) >= 11 is 0. The Balaban J connectivity index is 2.56. The average molecular weight is 182 g/mol. The minimum absolute atomic E-state index is 0.582. The Morgan fingerprint density at radius 3 is 2.38 bits per heavy atom. The van der Waals surface area contributed by atoms with Gasteiger partial charge in [0.25, 0.3) is 0 Å². The fourth-order valence-electron chi connectivity index (χ4n) is 2.54. The smallest absolute Gasteiger partial charge is 0.0328 e. The molecule has 0 bridgehead atoms. The van der Waals surface area contributed by atoms with Crippen LogP contribution in [0.4, 0.5) is 0 Å². The lowest BCUT2D eigenvalue weighted by Gasteiger charge is -2.32. The highest BCUT2D eigenvalue weighted by molar-refractivity contribution is 4.78. The SMILES string of the molecule is CC1CCCCCC(C)(C)C(C)C1. The lowest BCUT2D eigenvalue weighted by atomic mass is 9.73. The van der Waals surface area contributed by atoms with Crippen LogP contribution in [0.3, 0.4) is 0 Å². The predicted molar refractivity (Wildman–Crippen MR) is 59.8 cm³/mol. The molecule has 1 aliphatic carbocycles. The normalized spacial score (nSPS) is 36.0. The van der Waals surface area contributed by atoms with E-state index in [9.17, 15) is 0 Å². The maximum atomic E-state index is 2.45. The van der Waals surface area contributed by atoms with Gasteiger partial charge in [-0.1, -0.05) is 53.4 Å². The minimum Gasteiger partial charge on any atom is -0.0625 e. The maximum Gasteiger partial charge on any atom is -0.0328 e. The third kappa shape index (κ3) is 3.32. The highest BCUT2D eigenvalue weighted by atomic mass is 14.3. The minimum atomic E-state index is 0.582. The summed E-state index contributed by atoms with van der Waals surface area (Å²) in [6, 6.07) is 0. The molecule has 0 amide bonds. The van der Waals surface area contributed by atoms with Crippen molar-refractivity contribution in [1.82, 2.24) is 0 Å². The van der Waals surface area contributed by atoms with Crippen molar-refractivity contribution in [1.29, 1.82) is 0 Å². The monoisotopic (exact) mass is 182 g/mol. The van der Waals surface area contributed by atoms with Crippen LogP contribution in [0, 0.1) is 17.3 Å². The van der Waals surface area contributed by atoms with Gasteiger partial charge in [-0.05, 0) is 30.1 Å². The van der Waals surface area contributed by atoms with Gasteiger partial charge >= 0.3 is 0 Å². The molecular weight excluding hydrogens is 156 g/mol.